The molecule has 0 aromatic heterocycles. The van der Waals surface area contributed by atoms with Gasteiger partial charge < -0.3 is 10.4 Å². The minimum Gasteiger partial charge on any atom is -0.507 e. The predicted octanol–water partition coefficient (Wildman–Crippen LogP) is 3.64. The Hall–Kier alpha value is -2.67. The normalized spacial score (nSPS) is 10.7. The first-order valence-corrected chi connectivity index (χ1v) is 8.82. The summed E-state index contributed by atoms with van der Waals surface area (Å²) in [7, 11) is 0. The summed E-state index contributed by atoms with van der Waals surface area (Å²) >= 11 is 3.20. The zero-order valence-corrected chi connectivity index (χ0v) is 16.1. The molecule has 2 aromatic rings. The SMILES string of the molecule is Cc1ccc(C)c(NC(=O)CCC(=O)N/N=C/c2ccc(O)c(Br)c2)c1. The number of nitrogens with zero attached hydrogens (tertiary/aromatic N) is 1. The lowest BCUT2D eigenvalue weighted by molar-refractivity contribution is -0.124. The Balaban J connectivity index is 1.79. The zero-order valence-electron chi connectivity index (χ0n) is 14.5. The topological polar surface area (TPSA) is 90.8 Å². The van der Waals surface area contributed by atoms with Crippen molar-refractivity contribution in [3.05, 3.63) is 57.6 Å². The molecule has 0 aliphatic rings. The Morgan fingerprint density at radius 2 is 1.85 bits per heavy atom. The van der Waals surface area contributed by atoms with Gasteiger partial charge in [0, 0.05) is 18.5 Å². The van der Waals surface area contributed by atoms with E-state index in [1.807, 2.05) is 32.0 Å². The molecule has 0 atom stereocenters. The summed E-state index contributed by atoms with van der Waals surface area (Å²) < 4.78 is 0.538. The molecule has 0 aliphatic carbocycles. The first kappa shape index (κ1) is 19.7. The molecule has 2 rings (SSSR count). The molecule has 0 aliphatic heterocycles. The van der Waals surface area contributed by atoms with E-state index in [0.717, 1.165) is 16.8 Å². The summed E-state index contributed by atoms with van der Waals surface area (Å²) in [5.74, 6) is -0.448. The van der Waals surface area contributed by atoms with Crippen molar-refractivity contribution in [2.24, 2.45) is 5.10 Å². The maximum atomic E-state index is 12.0. The van der Waals surface area contributed by atoms with Gasteiger partial charge in [-0.3, -0.25) is 9.59 Å². The first-order chi connectivity index (χ1) is 12.3. The smallest absolute Gasteiger partial charge is 0.240 e. The number of carbonyl (C=O) groups excluding carboxylic acids is 2. The van der Waals surface area contributed by atoms with Crippen molar-refractivity contribution in [2.75, 3.05) is 5.32 Å². The van der Waals surface area contributed by atoms with Crippen LogP contribution in [-0.4, -0.2) is 23.1 Å². The van der Waals surface area contributed by atoms with E-state index in [0.29, 0.717) is 10.0 Å². The Labute approximate surface area is 160 Å². The third-order valence-electron chi connectivity index (χ3n) is 3.62. The predicted molar refractivity (Wildman–Crippen MR) is 105 cm³/mol. The van der Waals surface area contributed by atoms with Crippen LogP contribution in [0.4, 0.5) is 5.69 Å². The molecule has 0 unspecified atom stereocenters. The number of hydrogen-bond donors (Lipinski definition) is 3. The van der Waals surface area contributed by atoms with Gasteiger partial charge in [-0.2, -0.15) is 5.10 Å². The average molecular weight is 418 g/mol. The van der Waals surface area contributed by atoms with Gasteiger partial charge in [0.05, 0.1) is 10.7 Å². The second-order valence-electron chi connectivity index (χ2n) is 5.87. The number of phenolic OH excluding ortho intramolecular Hbond substituents is 1. The van der Waals surface area contributed by atoms with Crippen LogP contribution in [0, 0.1) is 13.8 Å². The van der Waals surface area contributed by atoms with Crippen LogP contribution in [0.5, 0.6) is 5.75 Å². The molecule has 2 amide bonds. The average Bonchev–Trinajstić information content (AvgIpc) is 2.59. The fraction of sp³-hybridized carbons (Fsp3) is 0.211. The minimum absolute atomic E-state index is 0.0350. The lowest BCUT2D eigenvalue weighted by Crippen LogP contribution is -2.20. The number of carbonyl (C=O) groups is 2. The molecular weight excluding hydrogens is 398 g/mol. The molecule has 6 nitrogen and oxygen atoms in total. The van der Waals surface area contributed by atoms with Crippen molar-refractivity contribution in [1.29, 1.82) is 0 Å². The molecule has 0 heterocycles. The van der Waals surface area contributed by atoms with Gasteiger partial charge in [-0.05, 0) is 70.7 Å². The van der Waals surface area contributed by atoms with Crippen molar-refractivity contribution in [1.82, 2.24) is 5.43 Å². The molecule has 0 spiro atoms. The van der Waals surface area contributed by atoms with Crippen LogP contribution in [0.2, 0.25) is 0 Å². The maximum absolute atomic E-state index is 12.0. The summed E-state index contributed by atoms with van der Waals surface area (Å²) in [4.78, 5) is 23.8. The van der Waals surface area contributed by atoms with E-state index in [2.05, 4.69) is 31.8 Å². The fourth-order valence-electron chi connectivity index (χ4n) is 2.15. The molecule has 0 saturated heterocycles. The fourth-order valence-corrected chi connectivity index (χ4v) is 2.54. The summed E-state index contributed by atoms with van der Waals surface area (Å²) in [6, 6.07) is 10.7. The Morgan fingerprint density at radius 1 is 1.12 bits per heavy atom. The zero-order chi connectivity index (χ0) is 19.1. The van der Waals surface area contributed by atoms with Crippen LogP contribution in [0.15, 0.2) is 46.0 Å². The van der Waals surface area contributed by atoms with Gasteiger partial charge in [-0.1, -0.05) is 12.1 Å². The van der Waals surface area contributed by atoms with E-state index in [1.54, 1.807) is 12.1 Å². The quantitative estimate of drug-likeness (QED) is 0.494. The van der Waals surface area contributed by atoms with Crippen LogP contribution in [0.1, 0.15) is 29.5 Å². The van der Waals surface area contributed by atoms with Crippen LogP contribution < -0.4 is 10.7 Å². The number of nitrogens with one attached hydrogen (secondary N) is 2. The van der Waals surface area contributed by atoms with Gasteiger partial charge in [0.15, 0.2) is 0 Å². The lowest BCUT2D eigenvalue weighted by atomic mass is 10.1. The molecule has 7 heteroatoms. The minimum atomic E-state index is -0.352. The molecule has 2 aromatic carbocycles. The molecule has 0 bridgehead atoms. The van der Waals surface area contributed by atoms with Crippen LogP contribution >= 0.6 is 15.9 Å². The van der Waals surface area contributed by atoms with Gasteiger partial charge in [0.25, 0.3) is 0 Å². The Bertz CT molecular complexity index is 850. The summed E-state index contributed by atoms with van der Waals surface area (Å²) in [5.41, 5.74) is 5.87. The van der Waals surface area contributed by atoms with Gasteiger partial charge in [0.1, 0.15) is 5.75 Å². The third kappa shape index (κ3) is 6.00. The standard InChI is InChI=1S/C19H20BrN3O3/c1-12-3-4-13(2)16(9-12)22-18(25)7-8-19(26)23-21-11-14-5-6-17(24)15(20)10-14/h3-6,9-11,24H,7-8H2,1-2H3,(H,22,25)(H,23,26)/b21-11+. The second-order valence-corrected chi connectivity index (χ2v) is 6.72. The number of amides is 2. The molecule has 0 radical (unpaired) electrons. The van der Waals surface area contributed by atoms with Crippen LogP contribution in [0.25, 0.3) is 0 Å². The highest BCUT2D eigenvalue weighted by Crippen LogP contribution is 2.23. The number of phenols is 1. The van der Waals surface area contributed by atoms with Gasteiger partial charge >= 0.3 is 0 Å². The van der Waals surface area contributed by atoms with E-state index in [9.17, 15) is 14.7 Å². The molecule has 26 heavy (non-hydrogen) atoms. The largest absolute Gasteiger partial charge is 0.507 e. The molecule has 0 saturated carbocycles. The van der Waals surface area contributed by atoms with Crippen molar-refractivity contribution in [3.63, 3.8) is 0 Å². The van der Waals surface area contributed by atoms with E-state index in [-0.39, 0.29) is 30.4 Å². The molecule has 0 fully saturated rings. The van der Waals surface area contributed by atoms with E-state index >= 15 is 0 Å². The summed E-state index contributed by atoms with van der Waals surface area (Å²) in [6.45, 7) is 3.87. The molecule has 136 valence electrons. The number of hydrogen-bond acceptors (Lipinski definition) is 4. The van der Waals surface area contributed by atoms with Crippen LogP contribution in [0.3, 0.4) is 0 Å². The van der Waals surface area contributed by atoms with Crippen molar-refractivity contribution in [3.8, 4) is 5.75 Å². The highest BCUT2D eigenvalue weighted by atomic mass is 79.9. The summed E-state index contributed by atoms with van der Waals surface area (Å²) in [6.07, 6.45) is 1.56. The monoisotopic (exact) mass is 417 g/mol. The highest BCUT2D eigenvalue weighted by molar-refractivity contribution is 9.10. The molecular formula is C19H20BrN3O3. The number of hydrazone groups is 1. The van der Waals surface area contributed by atoms with Crippen LogP contribution in [-0.2, 0) is 9.59 Å². The van der Waals surface area contributed by atoms with E-state index in [1.165, 1.54) is 12.3 Å². The highest BCUT2D eigenvalue weighted by Gasteiger charge is 2.08. The van der Waals surface area contributed by atoms with E-state index in [4.69, 9.17) is 0 Å². The lowest BCUT2D eigenvalue weighted by Gasteiger charge is -2.09. The van der Waals surface area contributed by atoms with Gasteiger partial charge in [0.2, 0.25) is 11.8 Å². The number of aromatic hydroxyl groups is 1. The number of aryl methyl sites for hydroxylation is 2. The Kier molecular flexibility index (Phi) is 6.91. The first-order valence-electron chi connectivity index (χ1n) is 8.02. The van der Waals surface area contributed by atoms with Crippen molar-refractivity contribution >= 4 is 39.6 Å². The van der Waals surface area contributed by atoms with Gasteiger partial charge in [-0.25, -0.2) is 5.43 Å². The molecule has 3 N–H and O–H groups in total. The second kappa shape index (κ2) is 9.15. The van der Waals surface area contributed by atoms with Crippen molar-refractivity contribution in [2.45, 2.75) is 26.7 Å². The number of benzene rings is 2. The number of anilines is 1. The number of halogens is 1. The van der Waals surface area contributed by atoms with Crippen molar-refractivity contribution < 1.29 is 14.7 Å². The third-order valence-corrected chi connectivity index (χ3v) is 4.26. The number of rotatable bonds is 6. The maximum Gasteiger partial charge on any atom is 0.240 e. The van der Waals surface area contributed by atoms with E-state index < -0.39 is 0 Å². The van der Waals surface area contributed by atoms with Gasteiger partial charge in [-0.15, -0.1) is 0 Å². The summed E-state index contributed by atoms with van der Waals surface area (Å²) in [5, 5.41) is 16.1. The Morgan fingerprint density at radius 3 is 2.58 bits per heavy atom.